The Balaban J connectivity index is 2.29. The van der Waals surface area contributed by atoms with Crippen LogP contribution >= 0.6 is 0 Å². The van der Waals surface area contributed by atoms with E-state index >= 15 is 0 Å². The molecular formula is C11H12N4O2. The summed E-state index contributed by atoms with van der Waals surface area (Å²) in [6.45, 7) is 3.59. The molecule has 0 radical (unpaired) electrons. The molecular weight excluding hydrogens is 220 g/mol. The van der Waals surface area contributed by atoms with Crippen molar-refractivity contribution >= 4 is 6.21 Å². The Kier molecular flexibility index (Phi) is 2.78. The van der Waals surface area contributed by atoms with Gasteiger partial charge in [-0.3, -0.25) is 0 Å². The average molecular weight is 232 g/mol. The number of phenolic OH excluding ortho intramolecular Hbond substituents is 2. The molecule has 2 N–H and O–H groups in total. The van der Waals surface area contributed by atoms with E-state index in [0.717, 1.165) is 0 Å². The summed E-state index contributed by atoms with van der Waals surface area (Å²) in [5.74, 6) is 1.04. The lowest BCUT2D eigenvalue weighted by Gasteiger charge is -1.99. The SMILES string of the molecule is Cc1nnc(C)n1/N=C\c1ccc(O)c(O)c1. The van der Waals surface area contributed by atoms with Crippen LogP contribution in [0.15, 0.2) is 23.3 Å². The van der Waals surface area contributed by atoms with Crippen molar-refractivity contribution in [3.05, 3.63) is 35.4 Å². The van der Waals surface area contributed by atoms with Crippen molar-refractivity contribution in [3.8, 4) is 11.5 Å². The predicted octanol–water partition coefficient (Wildman–Crippen LogP) is 1.19. The Morgan fingerprint density at radius 3 is 2.35 bits per heavy atom. The van der Waals surface area contributed by atoms with Crippen LogP contribution in [0.1, 0.15) is 17.2 Å². The van der Waals surface area contributed by atoms with Crippen LogP contribution in [-0.4, -0.2) is 31.3 Å². The summed E-state index contributed by atoms with van der Waals surface area (Å²) < 4.78 is 1.59. The van der Waals surface area contributed by atoms with Crippen molar-refractivity contribution in [1.82, 2.24) is 14.9 Å². The lowest BCUT2D eigenvalue weighted by molar-refractivity contribution is 0.403. The number of aryl methyl sites for hydroxylation is 2. The van der Waals surface area contributed by atoms with Crippen LogP contribution in [0, 0.1) is 13.8 Å². The summed E-state index contributed by atoms with van der Waals surface area (Å²) >= 11 is 0. The van der Waals surface area contributed by atoms with Gasteiger partial charge in [0, 0.05) is 0 Å². The first-order chi connectivity index (χ1) is 8.08. The molecule has 0 amide bonds. The molecule has 0 spiro atoms. The van der Waals surface area contributed by atoms with Crippen LogP contribution in [0.4, 0.5) is 0 Å². The molecule has 0 aliphatic rings. The van der Waals surface area contributed by atoms with Crippen molar-refractivity contribution in [2.24, 2.45) is 5.10 Å². The molecule has 0 atom stereocenters. The molecule has 2 aromatic rings. The molecule has 6 nitrogen and oxygen atoms in total. The topological polar surface area (TPSA) is 83.5 Å². The fourth-order valence-corrected chi connectivity index (χ4v) is 1.38. The minimum Gasteiger partial charge on any atom is -0.504 e. The smallest absolute Gasteiger partial charge is 0.158 e. The number of aromatic hydroxyl groups is 2. The van der Waals surface area contributed by atoms with Crippen molar-refractivity contribution in [2.45, 2.75) is 13.8 Å². The second-order valence-electron chi connectivity index (χ2n) is 3.60. The van der Waals surface area contributed by atoms with Gasteiger partial charge in [0.1, 0.15) is 0 Å². The first-order valence-electron chi connectivity index (χ1n) is 5.03. The zero-order valence-electron chi connectivity index (χ0n) is 9.49. The monoisotopic (exact) mass is 232 g/mol. The van der Waals surface area contributed by atoms with Gasteiger partial charge in [0.2, 0.25) is 0 Å². The van der Waals surface area contributed by atoms with E-state index < -0.39 is 0 Å². The van der Waals surface area contributed by atoms with E-state index in [-0.39, 0.29) is 11.5 Å². The van der Waals surface area contributed by atoms with Gasteiger partial charge in [-0.25, -0.2) is 4.68 Å². The van der Waals surface area contributed by atoms with Gasteiger partial charge in [-0.2, -0.15) is 5.10 Å². The summed E-state index contributed by atoms with van der Waals surface area (Å²) in [7, 11) is 0. The van der Waals surface area contributed by atoms with Gasteiger partial charge in [-0.15, -0.1) is 10.2 Å². The molecule has 0 aliphatic heterocycles. The highest BCUT2D eigenvalue weighted by molar-refractivity contribution is 5.80. The highest BCUT2D eigenvalue weighted by atomic mass is 16.3. The standard InChI is InChI=1S/C11H12N4O2/c1-7-13-14-8(2)15(7)12-6-9-3-4-10(16)11(17)5-9/h3-6,16-17H,1-2H3/b12-6-. The Bertz CT molecular complexity index is 555. The summed E-state index contributed by atoms with van der Waals surface area (Å²) in [4.78, 5) is 0. The largest absolute Gasteiger partial charge is 0.504 e. The van der Waals surface area contributed by atoms with Gasteiger partial charge in [-0.1, -0.05) is 0 Å². The highest BCUT2D eigenvalue weighted by Gasteiger charge is 2.02. The lowest BCUT2D eigenvalue weighted by Crippen LogP contribution is -1.96. The van der Waals surface area contributed by atoms with Crippen molar-refractivity contribution in [2.75, 3.05) is 0 Å². The van der Waals surface area contributed by atoms with Crippen LogP contribution in [0.25, 0.3) is 0 Å². The third-order valence-electron chi connectivity index (χ3n) is 2.27. The summed E-state index contributed by atoms with van der Waals surface area (Å²) in [5, 5.41) is 30.4. The molecule has 0 bridgehead atoms. The van der Waals surface area contributed by atoms with E-state index in [0.29, 0.717) is 17.2 Å². The number of hydrogen-bond acceptors (Lipinski definition) is 5. The molecule has 17 heavy (non-hydrogen) atoms. The molecule has 1 aromatic heterocycles. The molecule has 1 heterocycles. The van der Waals surface area contributed by atoms with Crippen LogP contribution in [0.3, 0.4) is 0 Å². The molecule has 88 valence electrons. The highest BCUT2D eigenvalue weighted by Crippen LogP contribution is 2.24. The lowest BCUT2D eigenvalue weighted by atomic mass is 10.2. The third kappa shape index (κ3) is 2.25. The summed E-state index contributed by atoms with van der Waals surface area (Å²) in [5.41, 5.74) is 0.674. The van der Waals surface area contributed by atoms with E-state index in [4.69, 9.17) is 5.11 Å². The molecule has 0 fully saturated rings. The van der Waals surface area contributed by atoms with E-state index in [2.05, 4.69) is 15.3 Å². The zero-order valence-corrected chi connectivity index (χ0v) is 9.49. The van der Waals surface area contributed by atoms with Gasteiger partial charge in [0.15, 0.2) is 23.1 Å². The number of hydrogen-bond donors (Lipinski definition) is 2. The molecule has 0 saturated carbocycles. The Morgan fingerprint density at radius 1 is 1.12 bits per heavy atom. The van der Waals surface area contributed by atoms with E-state index in [1.807, 2.05) is 0 Å². The minimum atomic E-state index is -0.175. The number of nitrogens with zero attached hydrogens (tertiary/aromatic N) is 4. The van der Waals surface area contributed by atoms with Crippen LogP contribution < -0.4 is 0 Å². The second-order valence-corrected chi connectivity index (χ2v) is 3.60. The predicted molar refractivity (Wildman–Crippen MR) is 62.3 cm³/mol. The maximum atomic E-state index is 9.32. The summed E-state index contributed by atoms with van der Waals surface area (Å²) in [6, 6.07) is 4.48. The molecule has 0 saturated heterocycles. The minimum absolute atomic E-state index is 0.154. The Labute approximate surface area is 97.9 Å². The fourth-order valence-electron chi connectivity index (χ4n) is 1.38. The maximum absolute atomic E-state index is 9.32. The second kappa shape index (κ2) is 4.25. The van der Waals surface area contributed by atoms with E-state index in [1.54, 1.807) is 30.8 Å². The van der Waals surface area contributed by atoms with Crippen molar-refractivity contribution < 1.29 is 10.2 Å². The van der Waals surface area contributed by atoms with Gasteiger partial charge < -0.3 is 10.2 Å². The Morgan fingerprint density at radius 2 is 1.76 bits per heavy atom. The number of benzene rings is 1. The number of phenols is 2. The number of rotatable bonds is 2. The molecule has 1 aromatic carbocycles. The van der Waals surface area contributed by atoms with Gasteiger partial charge >= 0.3 is 0 Å². The van der Waals surface area contributed by atoms with E-state index in [9.17, 15) is 5.11 Å². The van der Waals surface area contributed by atoms with Gasteiger partial charge in [0.05, 0.1) is 6.21 Å². The fraction of sp³-hybridized carbons (Fsp3) is 0.182. The quantitative estimate of drug-likeness (QED) is 0.601. The van der Waals surface area contributed by atoms with Crippen LogP contribution in [-0.2, 0) is 0 Å². The normalized spacial score (nSPS) is 11.2. The third-order valence-corrected chi connectivity index (χ3v) is 2.27. The molecule has 0 unspecified atom stereocenters. The zero-order chi connectivity index (χ0) is 12.4. The molecule has 6 heteroatoms. The molecule has 0 aliphatic carbocycles. The average Bonchev–Trinajstić information content (AvgIpc) is 2.61. The van der Waals surface area contributed by atoms with Crippen LogP contribution in [0.5, 0.6) is 11.5 Å². The number of aromatic nitrogens is 3. The van der Waals surface area contributed by atoms with E-state index in [1.165, 1.54) is 12.1 Å². The van der Waals surface area contributed by atoms with Crippen LogP contribution in [0.2, 0.25) is 0 Å². The van der Waals surface area contributed by atoms with Crippen molar-refractivity contribution in [3.63, 3.8) is 0 Å². The first-order valence-corrected chi connectivity index (χ1v) is 5.03. The Hall–Kier alpha value is -2.37. The molecule has 2 rings (SSSR count). The van der Waals surface area contributed by atoms with Gasteiger partial charge in [-0.05, 0) is 37.6 Å². The first kappa shape index (κ1) is 11.1. The van der Waals surface area contributed by atoms with Gasteiger partial charge in [0.25, 0.3) is 0 Å². The van der Waals surface area contributed by atoms with Crippen molar-refractivity contribution in [1.29, 1.82) is 0 Å². The maximum Gasteiger partial charge on any atom is 0.158 e. The summed E-state index contributed by atoms with van der Waals surface area (Å²) in [6.07, 6.45) is 1.56.